The molecule has 0 unspecified atom stereocenters. The zero-order valence-electron chi connectivity index (χ0n) is 12.8. The average Bonchev–Trinajstić information content (AvgIpc) is 2.73. The molecule has 0 aromatic heterocycles. The van der Waals surface area contributed by atoms with Gasteiger partial charge in [-0.1, -0.05) is 55.8 Å². The highest BCUT2D eigenvalue weighted by Crippen LogP contribution is 2.24. The van der Waals surface area contributed by atoms with Crippen molar-refractivity contribution in [3.8, 4) is 0 Å². The van der Waals surface area contributed by atoms with E-state index in [2.05, 4.69) is 71.3 Å². The molecule has 21 heavy (non-hydrogen) atoms. The van der Waals surface area contributed by atoms with Crippen molar-refractivity contribution in [2.24, 2.45) is 0 Å². The van der Waals surface area contributed by atoms with E-state index in [0.29, 0.717) is 0 Å². The Hall–Kier alpha value is -1.80. The molecule has 0 aliphatic carbocycles. The summed E-state index contributed by atoms with van der Waals surface area (Å²) in [7, 11) is 0. The van der Waals surface area contributed by atoms with Gasteiger partial charge in [0.15, 0.2) is 0 Å². The maximum Gasteiger partial charge on any atom is 0.0713 e. The Morgan fingerprint density at radius 3 is 2.24 bits per heavy atom. The highest BCUT2D eigenvalue weighted by Gasteiger charge is 2.19. The van der Waals surface area contributed by atoms with Crippen molar-refractivity contribution in [2.75, 3.05) is 18.1 Å². The van der Waals surface area contributed by atoms with Crippen LogP contribution in [0.25, 0.3) is 0 Å². The van der Waals surface area contributed by atoms with E-state index in [9.17, 15) is 0 Å². The normalized spacial score (nSPS) is 15.6. The second kappa shape index (κ2) is 6.77. The van der Waals surface area contributed by atoms with E-state index in [1.165, 1.54) is 36.2 Å². The molecule has 2 aromatic rings. The predicted molar refractivity (Wildman–Crippen MR) is 89.3 cm³/mol. The molecule has 2 nitrogen and oxygen atoms in total. The van der Waals surface area contributed by atoms with Gasteiger partial charge in [-0.2, -0.15) is 0 Å². The van der Waals surface area contributed by atoms with Crippen LogP contribution in [0.5, 0.6) is 0 Å². The van der Waals surface area contributed by atoms with E-state index in [-0.39, 0.29) is 0 Å². The Morgan fingerprint density at radius 2 is 1.52 bits per heavy atom. The Morgan fingerprint density at radius 1 is 0.857 bits per heavy atom. The van der Waals surface area contributed by atoms with Crippen LogP contribution in [0.3, 0.4) is 0 Å². The molecular formula is C19H24N2. The minimum absolute atomic E-state index is 1.00. The minimum Gasteiger partial charge on any atom is -0.354 e. The average molecular weight is 280 g/mol. The molecule has 0 fully saturated rings. The fourth-order valence-corrected chi connectivity index (χ4v) is 3.00. The first-order valence-electron chi connectivity index (χ1n) is 7.96. The summed E-state index contributed by atoms with van der Waals surface area (Å²) < 4.78 is 0. The third kappa shape index (κ3) is 3.45. The van der Waals surface area contributed by atoms with Gasteiger partial charge in [0.1, 0.15) is 0 Å². The summed E-state index contributed by atoms with van der Waals surface area (Å²) in [5.41, 5.74) is 4.25. The van der Waals surface area contributed by atoms with Crippen LogP contribution in [0.15, 0.2) is 54.6 Å². The highest BCUT2D eigenvalue weighted by molar-refractivity contribution is 5.47. The Bertz CT molecular complexity index is 565. The zero-order chi connectivity index (χ0) is 14.5. The highest BCUT2D eigenvalue weighted by atomic mass is 15.3. The van der Waals surface area contributed by atoms with Crippen LogP contribution < -0.4 is 4.90 Å². The molecule has 0 N–H and O–H groups in total. The van der Waals surface area contributed by atoms with Crippen LogP contribution in [0, 0.1) is 0 Å². The van der Waals surface area contributed by atoms with Crippen LogP contribution >= 0.6 is 0 Å². The van der Waals surface area contributed by atoms with Gasteiger partial charge in [-0.15, -0.1) is 0 Å². The van der Waals surface area contributed by atoms with E-state index >= 15 is 0 Å². The lowest BCUT2D eigenvalue weighted by atomic mass is 10.1. The van der Waals surface area contributed by atoms with Crippen LogP contribution in [0.1, 0.15) is 30.9 Å². The van der Waals surface area contributed by atoms with Gasteiger partial charge in [0.2, 0.25) is 0 Å². The molecule has 1 aliphatic heterocycles. The van der Waals surface area contributed by atoms with Gasteiger partial charge < -0.3 is 4.90 Å². The predicted octanol–water partition coefficient (Wildman–Crippen LogP) is 4.27. The summed E-state index contributed by atoms with van der Waals surface area (Å²) in [6, 6.07) is 19.6. The van der Waals surface area contributed by atoms with Crippen molar-refractivity contribution in [2.45, 2.75) is 32.9 Å². The number of anilines is 1. The molecule has 0 saturated heterocycles. The summed E-state index contributed by atoms with van der Waals surface area (Å²) in [6.07, 6.45) is 2.52. The van der Waals surface area contributed by atoms with Crippen molar-refractivity contribution in [1.29, 1.82) is 0 Å². The van der Waals surface area contributed by atoms with Crippen LogP contribution in [-0.2, 0) is 13.1 Å². The zero-order valence-corrected chi connectivity index (χ0v) is 12.8. The summed E-state index contributed by atoms with van der Waals surface area (Å²) in [5, 5.41) is 0. The Balaban J connectivity index is 1.87. The number of rotatable bonds is 4. The van der Waals surface area contributed by atoms with Crippen LogP contribution in [0.2, 0.25) is 0 Å². The smallest absolute Gasteiger partial charge is 0.0713 e. The second-order valence-electron chi connectivity index (χ2n) is 5.85. The van der Waals surface area contributed by atoms with Crippen molar-refractivity contribution < 1.29 is 0 Å². The topological polar surface area (TPSA) is 6.48 Å². The van der Waals surface area contributed by atoms with E-state index in [1.54, 1.807) is 0 Å². The first-order valence-corrected chi connectivity index (χ1v) is 7.96. The molecule has 0 radical (unpaired) electrons. The van der Waals surface area contributed by atoms with Crippen LogP contribution in [-0.4, -0.2) is 18.1 Å². The fourth-order valence-electron chi connectivity index (χ4n) is 3.00. The first-order chi connectivity index (χ1) is 10.4. The lowest BCUT2D eigenvalue weighted by Gasteiger charge is -2.29. The van der Waals surface area contributed by atoms with E-state index < -0.39 is 0 Å². The lowest BCUT2D eigenvalue weighted by Crippen LogP contribution is -2.35. The number of para-hydroxylation sites is 1. The number of benzene rings is 2. The monoisotopic (exact) mass is 280 g/mol. The molecular weight excluding hydrogens is 256 g/mol. The number of hydrogen-bond donors (Lipinski definition) is 0. The van der Waals surface area contributed by atoms with Gasteiger partial charge >= 0.3 is 0 Å². The standard InChI is InChI=1S/C19H24N2/c1-2-3-13-20-14-17-9-7-8-10-18(17)15-21(16-20)19-11-5-4-6-12-19/h4-12H,2-3,13-16H2,1H3. The van der Waals surface area contributed by atoms with E-state index in [0.717, 1.165) is 19.8 Å². The quantitative estimate of drug-likeness (QED) is 0.825. The number of unbranched alkanes of at least 4 members (excludes halogenated alkanes) is 1. The molecule has 1 aliphatic rings. The van der Waals surface area contributed by atoms with E-state index in [4.69, 9.17) is 0 Å². The number of hydrogen-bond acceptors (Lipinski definition) is 2. The van der Waals surface area contributed by atoms with Gasteiger partial charge in [0, 0.05) is 25.3 Å². The van der Waals surface area contributed by atoms with Gasteiger partial charge in [-0.25, -0.2) is 0 Å². The van der Waals surface area contributed by atoms with Crippen molar-refractivity contribution >= 4 is 5.69 Å². The molecule has 2 heteroatoms. The summed E-state index contributed by atoms with van der Waals surface area (Å²) in [4.78, 5) is 5.06. The molecule has 0 atom stereocenters. The molecule has 2 aromatic carbocycles. The third-order valence-corrected chi connectivity index (χ3v) is 4.19. The maximum absolute atomic E-state index is 2.57. The molecule has 110 valence electrons. The van der Waals surface area contributed by atoms with Crippen molar-refractivity contribution in [3.63, 3.8) is 0 Å². The third-order valence-electron chi connectivity index (χ3n) is 4.19. The van der Waals surface area contributed by atoms with Crippen LogP contribution in [0.4, 0.5) is 5.69 Å². The number of fused-ring (bicyclic) bond motifs is 1. The van der Waals surface area contributed by atoms with Gasteiger partial charge in [-0.3, -0.25) is 4.90 Å². The molecule has 1 heterocycles. The SMILES string of the molecule is CCCCN1Cc2ccccc2CN(c2ccccc2)C1. The molecule has 0 spiro atoms. The van der Waals surface area contributed by atoms with E-state index in [1.807, 2.05) is 0 Å². The minimum atomic E-state index is 1.00. The molecule has 0 bridgehead atoms. The Kier molecular flexibility index (Phi) is 4.56. The molecule has 0 saturated carbocycles. The van der Waals surface area contributed by atoms with Gasteiger partial charge in [0.05, 0.1) is 6.67 Å². The maximum atomic E-state index is 2.57. The lowest BCUT2D eigenvalue weighted by molar-refractivity contribution is 0.266. The van der Waals surface area contributed by atoms with Crippen molar-refractivity contribution in [1.82, 2.24) is 4.90 Å². The summed E-state index contributed by atoms with van der Waals surface area (Å²) in [5.74, 6) is 0. The van der Waals surface area contributed by atoms with Gasteiger partial charge in [0.25, 0.3) is 0 Å². The second-order valence-corrected chi connectivity index (χ2v) is 5.85. The summed E-state index contributed by atoms with van der Waals surface area (Å²) >= 11 is 0. The molecule has 3 rings (SSSR count). The fraction of sp³-hybridized carbons (Fsp3) is 0.368. The number of nitrogens with zero attached hydrogens (tertiary/aromatic N) is 2. The molecule has 0 amide bonds. The van der Waals surface area contributed by atoms with Crippen molar-refractivity contribution in [3.05, 3.63) is 65.7 Å². The van der Waals surface area contributed by atoms with Gasteiger partial charge in [-0.05, 0) is 29.7 Å². The first kappa shape index (κ1) is 14.2. The largest absolute Gasteiger partial charge is 0.354 e. The summed E-state index contributed by atoms with van der Waals surface area (Å²) in [6.45, 7) is 6.52. The Labute approximate surface area is 128 Å².